The van der Waals surface area contributed by atoms with Gasteiger partial charge in [0.2, 0.25) is 0 Å². The number of aromatic nitrogens is 4. The Morgan fingerprint density at radius 1 is 0.460 bits per heavy atom. The third-order valence-electron chi connectivity index (χ3n) is 8.84. The van der Waals surface area contributed by atoms with Gasteiger partial charge in [-0.15, -0.1) is 0 Å². The number of furan rings is 1. The largest absolute Gasteiger partial charge is 0.456 e. The first-order valence-corrected chi connectivity index (χ1v) is 15.9. The van der Waals surface area contributed by atoms with Gasteiger partial charge in [0.05, 0.1) is 24.7 Å². The van der Waals surface area contributed by atoms with Crippen LogP contribution in [0.1, 0.15) is 13.7 Å². The summed E-state index contributed by atoms with van der Waals surface area (Å²) >= 11 is 0. The molecule has 5 nitrogen and oxygen atoms in total. The fourth-order valence-corrected chi connectivity index (χ4v) is 6.63. The summed E-state index contributed by atoms with van der Waals surface area (Å²) in [5.41, 5.74) is 5.59. The number of nitrogens with zero attached hydrogens (tertiary/aromatic N) is 4. The van der Waals surface area contributed by atoms with Crippen molar-refractivity contribution < 1.29 is 18.1 Å². The number of benzene rings is 7. The van der Waals surface area contributed by atoms with Crippen LogP contribution in [0.4, 0.5) is 0 Å². The van der Waals surface area contributed by atoms with Gasteiger partial charge in [-0.25, -0.2) is 15.0 Å². The lowest BCUT2D eigenvalue weighted by molar-refractivity contribution is 0.669. The maximum atomic E-state index is 8.78. The average molecular weight is 651 g/mol. The van der Waals surface area contributed by atoms with E-state index in [0.29, 0.717) is 16.7 Å². The lowest BCUT2D eigenvalue weighted by Gasteiger charge is -2.13. The van der Waals surface area contributed by atoms with Crippen LogP contribution in [0.25, 0.3) is 94.7 Å². The van der Waals surface area contributed by atoms with Crippen LogP contribution >= 0.6 is 0 Å². The van der Waals surface area contributed by atoms with Gasteiger partial charge < -0.3 is 8.98 Å². The Bertz CT molecular complexity index is 3310. The summed E-state index contributed by atoms with van der Waals surface area (Å²) in [5, 5.41) is 3.54. The van der Waals surface area contributed by atoms with E-state index in [1.807, 2.05) is 72.8 Å². The van der Waals surface area contributed by atoms with Crippen molar-refractivity contribution in [1.82, 2.24) is 19.5 Å². The average Bonchev–Trinajstić information content (AvgIpc) is 3.81. The molecule has 0 aliphatic rings. The molecule has 0 aliphatic carbocycles. The molecule has 0 N–H and O–H groups in total. The molecule has 0 spiro atoms. The summed E-state index contributed by atoms with van der Waals surface area (Å²) in [5.74, 6) is -0.689. The van der Waals surface area contributed by atoms with Crippen LogP contribution in [0.3, 0.4) is 0 Å². The first-order chi connectivity index (χ1) is 28.9. The SMILES string of the molecule is [2H]c1c([2H])c([2H])c(-c2nc(-c3c([2H])c([2H])c([2H])c([2H])c3[2H])nc(-c3cccc4c5ccccc5n(-c5ccc6oc7cc(-c8ccccc8)ccc7c6c5)c34)n2)c([2H])c1[2H]. The number of hydrogen-bond donors (Lipinski definition) is 0. The highest BCUT2D eigenvalue weighted by Gasteiger charge is 2.20. The van der Waals surface area contributed by atoms with Crippen LogP contribution in [-0.2, 0) is 0 Å². The van der Waals surface area contributed by atoms with E-state index in [-0.39, 0.29) is 28.6 Å². The zero-order valence-electron chi connectivity index (χ0n) is 36.1. The molecule has 0 amide bonds. The Morgan fingerprint density at radius 3 is 1.90 bits per heavy atom. The molecule has 0 saturated carbocycles. The van der Waals surface area contributed by atoms with Crippen LogP contribution in [0.2, 0.25) is 0 Å². The Hall–Kier alpha value is -6.85. The minimum absolute atomic E-state index is 0.0217. The van der Waals surface area contributed by atoms with Crippen molar-refractivity contribution in [1.29, 1.82) is 0 Å². The van der Waals surface area contributed by atoms with E-state index in [0.717, 1.165) is 49.5 Å². The normalized spacial score (nSPS) is 14.4. The third-order valence-corrected chi connectivity index (χ3v) is 8.84. The maximum Gasteiger partial charge on any atom is 0.166 e. The number of fused-ring (bicyclic) bond motifs is 6. The van der Waals surface area contributed by atoms with Crippen LogP contribution in [0.5, 0.6) is 0 Å². The smallest absolute Gasteiger partial charge is 0.166 e. The molecule has 0 radical (unpaired) electrons. The first kappa shape index (κ1) is 19.8. The van der Waals surface area contributed by atoms with Crippen molar-refractivity contribution in [3.63, 3.8) is 0 Å². The van der Waals surface area contributed by atoms with Crippen molar-refractivity contribution in [2.45, 2.75) is 0 Å². The molecule has 0 bridgehead atoms. The van der Waals surface area contributed by atoms with E-state index in [9.17, 15) is 0 Å². The molecule has 50 heavy (non-hydrogen) atoms. The van der Waals surface area contributed by atoms with Crippen LogP contribution in [0, 0.1) is 0 Å². The highest BCUT2D eigenvalue weighted by Crippen LogP contribution is 2.40. The van der Waals surface area contributed by atoms with Gasteiger partial charge in [0.25, 0.3) is 0 Å². The van der Waals surface area contributed by atoms with E-state index in [1.54, 1.807) is 6.07 Å². The second-order valence-corrected chi connectivity index (χ2v) is 11.7. The van der Waals surface area contributed by atoms with Gasteiger partial charge in [0, 0.05) is 43.9 Å². The van der Waals surface area contributed by atoms with Crippen LogP contribution in [-0.4, -0.2) is 19.5 Å². The van der Waals surface area contributed by atoms with Crippen molar-refractivity contribution in [2.24, 2.45) is 0 Å². The zero-order valence-corrected chi connectivity index (χ0v) is 26.1. The van der Waals surface area contributed by atoms with Crippen molar-refractivity contribution in [3.8, 4) is 51.0 Å². The third kappa shape index (κ3) is 4.60. The highest BCUT2D eigenvalue weighted by atomic mass is 16.3. The van der Waals surface area contributed by atoms with Crippen LogP contribution in [0.15, 0.2) is 174 Å². The molecular formula is C45H28N4O. The van der Waals surface area contributed by atoms with E-state index in [4.69, 9.17) is 28.1 Å². The second kappa shape index (κ2) is 11.4. The molecule has 0 fully saturated rings. The van der Waals surface area contributed by atoms with Crippen molar-refractivity contribution in [3.05, 3.63) is 170 Å². The van der Waals surface area contributed by atoms with E-state index >= 15 is 0 Å². The molecule has 10 aromatic rings. The molecule has 0 saturated heterocycles. The molecule has 3 heterocycles. The maximum absolute atomic E-state index is 8.78. The van der Waals surface area contributed by atoms with Crippen molar-refractivity contribution >= 4 is 43.7 Å². The molecule has 234 valence electrons. The standard InChI is InChI=1S/C45H28N4O/c1-4-13-29(14-5-1)32-23-25-35-38-28-33(24-26-40(38)50-41(35)27-32)49-39-22-11-10-19-34(39)36-20-12-21-37(42(36)49)45-47-43(30-15-6-2-7-16-30)46-44(48-45)31-17-8-3-9-18-31/h1-28H/i2D,3D,6D,7D,8D,9D,15D,16D,17D,18D. The Kier molecular flexibility index (Phi) is 4.52. The van der Waals surface area contributed by atoms with E-state index in [2.05, 4.69) is 39.9 Å². The summed E-state index contributed by atoms with van der Waals surface area (Å²) in [6, 6.07) is 29.6. The Balaban J connectivity index is 1.26. The van der Waals surface area contributed by atoms with Crippen molar-refractivity contribution in [2.75, 3.05) is 0 Å². The lowest BCUT2D eigenvalue weighted by atomic mass is 10.0. The van der Waals surface area contributed by atoms with Gasteiger partial charge in [-0.3, -0.25) is 0 Å². The topological polar surface area (TPSA) is 56.7 Å². The van der Waals surface area contributed by atoms with Gasteiger partial charge in [-0.2, -0.15) is 0 Å². The van der Waals surface area contributed by atoms with Gasteiger partial charge in [0.15, 0.2) is 17.5 Å². The molecule has 7 aromatic carbocycles. The Morgan fingerprint density at radius 2 is 1.14 bits per heavy atom. The molecule has 0 atom stereocenters. The number of hydrogen-bond acceptors (Lipinski definition) is 4. The van der Waals surface area contributed by atoms with E-state index in [1.165, 1.54) is 0 Å². The van der Waals surface area contributed by atoms with Gasteiger partial charge in [0.1, 0.15) is 11.2 Å². The van der Waals surface area contributed by atoms with E-state index < -0.39 is 60.4 Å². The second-order valence-electron chi connectivity index (χ2n) is 11.7. The molecule has 0 aliphatic heterocycles. The molecule has 0 unspecified atom stereocenters. The van der Waals surface area contributed by atoms with Gasteiger partial charge >= 0.3 is 0 Å². The summed E-state index contributed by atoms with van der Waals surface area (Å²) in [4.78, 5) is 14.0. The summed E-state index contributed by atoms with van der Waals surface area (Å²) in [7, 11) is 0. The highest BCUT2D eigenvalue weighted by molar-refractivity contribution is 6.14. The number of rotatable bonds is 5. The molecule has 10 rings (SSSR count). The molecule has 5 heteroatoms. The fraction of sp³-hybridized carbons (Fsp3) is 0. The quantitative estimate of drug-likeness (QED) is 0.186. The summed E-state index contributed by atoms with van der Waals surface area (Å²) < 4.78 is 93.5. The first-order valence-electron chi connectivity index (χ1n) is 20.9. The van der Waals surface area contributed by atoms with Gasteiger partial charge in [-0.05, 0) is 53.6 Å². The minimum atomic E-state index is -0.613. The summed E-state index contributed by atoms with van der Waals surface area (Å²) in [6.07, 6.45) is 0. The summed E-state index contributed by atoms with van der Waals surface area (Å²) in [6.45, 7) is 0. The lowest BCUT2D eigenvalue weighted by Crippen LogP contribution is -2.02. The Labute approximate surface area is 301 Å². The predicted octanol–water partition coefficient (Wildman–Crippen LogP) is 11.5. The zero-order chi connectivity index (χ0) is 41.7. The van der Waals surface area contributed by atoms with Crippen LogP contribution < -0.4 is 0 Å². The molecule has 3 aromatic heterocycles. The molecular weight excluding hydrogens is 613 g/mol. The van der Waals surface area contributed by atoms with Gasteiger partial charge in [-0.1, -0.05) is 127 Å². The fourth-order valence-electron chi connectivity index (χ4n) is 6.63. The monoisotopic (exact) mass is 650 g/mol. The number of para-hydroxylation sites is 2. The predicted molar refractivity (Wildman–Crippen MR) is 203 cm³/mol. The minimum Gasteiger partial charge on any atom is -0.456 e.